The third-order valence-electron chi connectivity index (χ3n) is 4.60. The van der Waals surface area contributed by atoms with Gasteiger partial charge in [0.25, 0.3) is 0 Å². The number of Topliss-reactive ketones (excluding diaryl/α,β-unsaturated/α-hetero) is 1. The van der Waals surface area contributed by atoms with E-state index in [2.05, 4.69) is 11.5 Å². The Morgan fingerprint density at radius 1 is 1.24 bits per heavy atom. The van der Waals surface area contributed by atoms with Gasteiger partial charge in [-0.2, -0.15) is 0 Å². The number of aryl methyl sites for hydroxylation is 1. The summed E-state index contributed by atoms with van der Waals surface area (Å²) in [4.78, 5) is 12.6. The molecule has 132 valence electrons. The molecule has 4 nitrogen and oxygen atoms in total. The first-order chi connectivity index (χ1) is 12.0. The van der Waals surface area contributed by atoms with Crippen LogP contribution in [0, 0.1) is 13.8 Å². The average Bonchev–Trinajstić information content (AvgIpc) is 3.38. The zero-order valence-corrected chi connectivity index (χ0v) is 15.3. The molecule has 0 aliphatic heterocycles. The summed E-state index contributed by atoms with van der Waals surface area (Å²) in [6.45, 7) is 6.05. The number of methoxy groups -OCH3 is 1. The van der Waals surface area contributed by atoms with Gasteiger partial charge in [-0.1, -0.05) is 18.2 Å². The van der Waals surface area contributed by atoms with Crippen molar-refractivity contribution in [2.24, 2.45) is 0 Å². The average molecular weight is 339 g/mol. The molecule has 0 radical (unpaired) electrons. The topological polar surface area (TPSA) is 40.5 Å². The Morgan fingerprint density at radius 3 is 2.64 bits per heavy atom. The SMILES string of the molecule is C/C=C/c1ccc(OCC(=O)c2cc(C)n(C3CC3)c2C)c(OC)c1. The number of allylic oxidation sites excluding steroid dienone is 1. The quantitative estimate of drug-likeness (QED) is 0.684. The zero-order valence-electron chi connectivity index (χ0n) is 15.3. The molecule has 0 atom stereocenters. The summed E-state index contributed by atoms with van der Waals surface area (Å²) >= 11 is 0. The summed E-state index contributed by atoms with van der Waals surface area (Å²) in [5.41, 5.74) is 3.99. The molecule has 0 unspecified atom stereocenters. The van der Waals surface area contributed by atoms with E-state index in [1.54, 1.807) is 7.11 Å². The largest absolute Gasteiger partial charge is 0.493 e. The second-order valence-corrected chi connectivity index (χ2v) is 6.51. The fourth-order valence-corrected chi connectivity index (χ4v) is 3.27. The van der Waals surface area contributed by atoms with E-state index in [1.165, 1.54) is 12.8 Å². The second kappa shape index (κ2) is 7.18. The Bertz CT molecular complexity index is 813. The Balaban J connectivity index is 1.73. The number of nitrogens with zero attached hydrogens (tertiary/aromatic N) is 1. The van der Waals surface area contributed by atoms with E-state index in [0.717, 1.165) is 22.5 Å². The lowest BCUT2D eigenvalue weighted by Crippen LogP contribution is -2.13. The molecule has 1 aromatic carbocycles. The van der Waals surface area contributed by atoms with Crippen molar-refractivity contribution in [2.75, 3.05) is 13.7 Å². The van der Waals surface area contributed by atoms with Crippen LogP contribution in [0.4, 0.5) is 0 Å². The Kier molecular flexibility index (Phi) is 4.98. The first kappa shape index (κ1) is 17.3. The molecular formula is C21H25NO3. The van der Waals surface area contributed by atoms with E-state index in [0.29, 0.717) is 17.5 Å². The second-order valence-electron chi connectivity index (χ2n) is 6.51. The highest BCUT2D eigenvalue weighted by Gasteiger charge is 2.28. The fraction of sp³-hybridized carbons (Fsp3) is 0.381. The van der Waals surface area contributed by atoms with Gasteiger partial charge in [0, 0.05) is 23.0 Å². The minimum absolute atomic E-state index is 0.000386. The lowest BCUT2D eigenvalue weighted by Gasteiger charge is -2.11. The highest BCUT2D eigenvalue weighted by Crippen LogP contribution is 2.38. The van der Waals surface area contributed by atoms with E-state index in [9.17, 15) is 4.79 Å². The van der Waals surface area contributed by atoms with Crippen LogP contribution in [0.15, 0.2) is 30.3 Å². The van der Waals surface area contributed by atoms with Crippen LogP contribution in [0.1, 0.15) is 53.1 Å². The van der Waals surface area contributed by atoms with E-state index in [4.69, 9.17) is 9.47 Å². The molecule has 4 heteroatoms. The number of ketones is 1. The minimum Gasteiger partial charge on any atom is -0.493 e. The first-order valence-corrected chi connectivity index (χ1v) is 8.70. The summed E-state index contributed by atoms with van der Waals surface area (Å²) in [7, 11) is 1.60. The minimum atomic E-state index is -0.000386. The molecule has 1 fully saturated rings. The van der Waals surface area contributed by atoms with Crippen molar-refractivity contribution in [1.82, 2.24) is 4.57 Å². The van der Waals surface area contributed by atoms with Crippen molar-refractivity contribution in [1.29, 1.82) is 0 Å². The van der Waals surface area contributed by atoms with Crippen LogP contribution >= 0.6 is 0 Å². The van der Waals surface area contributed by atoms with Gasteiger partial charge in [-0.25, -0.2) is 0 Å². The molecular weight excluding hydrogens is 314 g/mol. The van der Waals surface area contributed by atoms with Gasteiger partial charge in [-0.05, 0) is 57.4 Å². The standard InChI is InChI=1S/C21H25NO3/c1-5-6-16-7-10-20(21(12-16)24-4)25-13-19(23)18-11-14(2)22(15(18)3)17-8-9-17/h5-7,10-12,17H,8-9,13H2,1-4H3/b6-5+. The van der Waals surface area contributed by atoms with Crippen molar-refractivity contribution in [3.63, 3.8) is 0 Å². The smallest absolute Gasteiger partial charge is 0.202 e. The summed E-state index contributed by atoms with van der Waals surface area (Å²) in [6.07, 6.45) is 6.37. The van der Waals surface area contributed by atoms with Crippen LogP contribution in [0.25, 0.3) is 6.08 Å². The van der Waals surface area contributed by atoms with Gasteiger partial charge in [-0.15, -0.1) is 0 Å². The Hall–Kier alpha value is -2.49. The molecule has 1 saturated carbocycles. The molecule has 1 aliphatic carbocycles. The van der Waals surface area contributed by atoms with E-state index >= 15 is 0 Å². The summed E-state index contributed by atoms with van der Waals surface area (Å²) < 4.78 is 13.4. The fourth-order valence-electron chi connectivity index (χ4n) is 3.27. The van der Waals surface area contributed by atoms with Crippen molar-refractivity contribution >= 4 is 11.9 Å². The predicted molar refractivity (Wildman–Crippen MR) is 99.7 cm³/mol. The van der Waals surface area contributed by atoms with Crippen molar-refractivity contribution in [3.05, 3.63) is 52.9 Å². The highest BCUT2D eigenvalue weighted by atomic mass is 16.5. The monoisotopic (exact) mass is 339 g/mol. The zero-order chi connectivity index (χ0) is 18.0. The summed E-state index contributed by atoms with van der Waals surface area (Å²) in [6, 6.07) is 8.24. The van der Waals surface area contributed by atoms with Crippen LogP contribution in [0.5, 0.6) is 11.5 Å². The molecule has 1 heterocycles. The molecule has 2 aromatic rings. The highest BCUT2D eigenvalue weighted by molar-refractivity contribution is 5.98. The number of benzene rings is 1. The van der Waals surface area contributed by atoms with Gasteiger partial charge in [0.15, 0.2) is 18.1 Å². The van der Waals surface area contributed by atoms with Gasteiger partial charge in [0.2, 0.25) is 5.78 Å². The van der Waals surface area contributed by atoms with Crippen LogP contribution in [-0.4, -0.2) is 24.1 Å². The van der Waals surface area contributed by atoms with Gasteiger partial charge in [0.05, 0.1) is 7.11 Å². The van der Waals surface area contributed by atoms with E-state index in [1.807, 2.05) is 50.3 Å². The van der Waals surface area contributed by atoms with E-state index < -0.39 is 0 Å². The first-order valence-electron chi connectivity index (χ1n) is 8.70. The van der Waals surface area contributed by atoms with Gasteiger partial charge in [0.1, 0.15) is 0 Å². The predicted octanol–water partition coefficient (Wildman–Crippen LogP) is 4.74. The van der Waals surface area contributed by atoms with E-state index in [-0.39, 0.29) is 12.4 Å². The third-order valence-corrected chi connectivity index (χ3v) is 4.60. The summed E-state index contributed by atoms with van der Waals surface area (Å²) in [5, 5.41) is 0. The Morgan fingerprint density at radius 2 is 2.00 bits per heavy atom. The maximum atomic E-state index is 12.6. The van der Waals surface area contributed by atoms with Gasteiger partial charge < -0.3 is 14.0 Å². The normalized spacial score (nSPS) is 14.1. The Labute approximate surface area is 149 Å². The number of carbonyl (C=O) groups is 1. The number of rotatable bonds is 7. The molecule has 1 aromatic heterocycles. The number of carbonyl (C=O) groups excluding carboxylic acids is 1. The summed E-state index contributed by atoms with van der Waals surface area (Å²) in [5.74, 6) is 1.21. The van der Waals surface area contributed by atoms with Crippen LogP contribution in [-0.2, 0) is 0 Å². The molecule has 25 heavy (non-hydrogen) atoms. The van der Waals surface area contributed by atoms with Gasteiger partial charge in [-0.3, -0.25) is 4.79 Å². The molecule has 0 N–H and O–H groups in total. The van der Waals surface area contributed by atoms with Crippen LogP contribution in [0.3, 0.4) is 0 Å². The number of aromatic nitrogens is 1. The van der Waals surface area contributed by atoms with Crippen molar-refractivity contribution < 1.29 is 14.3 Å². The number of hydrogen-bond donors (Lipinski definition) is 0. The van der Waals surface area contributed by atoms with Gasteiger partial charge >= 0.3 is 0 Å². The third kappa shape index (κ3) is 3.63. The maximum Gasteiger partial charge on any atom is 0.202 e. The maximum absolute atomic E-state index is 12.6. The molecule has 0 amide bonds. The number of ether oxygens (including phenoxy) is 2. The molecule has 1 aliphatic rings. The number of hydrogen-bond acceptors (Lipinski definition) is 3. The lowest BCUT2D eigenvalue weighted by molar-refractivity contribution is 0.0918. The van der Waals surface area contributed by atoms with Crippen LogP contribution in [0.2, 0.25) is 0 Å². The molecule has 0 bridgehead atoms. The van der Waals surface area contributed by atoms with Crippen LogP contribution < -0.4 is 9.47 Å². The molecule has 0 spiro atoms. The molecule has 0 saturated heterocycles. The van der Waals surface area contributed by atoms with Crippen molar-refractivity contribution in [3.8, 4) is 11.5 Å². The lowest BCUT2D eigenvalue weighted by atomic mass is 10.1. The van der Waals surface area contributed by atoms with Crippen molar-refractivity contribution in [2.45, 2.75) is 39.7 Å². The molecule has 3 rings (SSSR count).